The van der Waals surface area contributed by atoms with Crippen molar-refractivity contribution in [3.05, 3.63) is 57.0 Å². The van der Waals surface area contributed by atoms with E-state index >= 15 is 0 Å². The minimum absolute atomic E-state index is 0.347. The number of urea groups is 1. The Morgan fingerprint density at radius 3 is 2.16 bits per heavy atom. The Balaban J connectivity index is 2.01. The number of benzene rings is 2. The van der Waals surface area contributed by atoms with Crippen molar-refractivity contribution in [2.75, 3.05) is 10.6 Å². The fourth-order valence-corrected chi connectivity index (χ4v) is 1.95. The average molecular weight is 360 g/mol. The van der Waals surface area contributed by atoms with Gasteiger partial charge in [0.2, 0.25) is 0 Å². The molecule has 0 aliphatic rings. The lowest BCUT2D eigenvalue weighted by Gasteiger charge is -2.08. The Kier molecular flexibility index (Phi) is 4.69. The van der Waals surface area contributed by atoms with Crippen LogP contribution < -0.4 is 10.6 Å². The number of halogens is 3. The Morgan fingerprint density at radius 2 is 1.53 bits per heavy atom. The van der Waals surface area contributed by atoms with E-state index in [4.69, 9.17) is 23.2 Å². The highest BCUT2D eigenvalue weighted by atomic mass is 79.9. The van der Waals surface area contributed by atoms with Gasteiger partial charge in [-0.2, -0.15) is 0 Å². The first kappa shape index (κ1) is 14.2. The van der Waals surface area contributed by atoms with Gasteiger partial charge in [0.15, 0.2) is 0 Å². The Morgan fingerprint density at radius 1 is 0.947 bits per heavy atom. The summed E-state index contributed by atoms with van der Waals surface area (Å²) in [6.45, 7) is 0. The molecule has 0 aliphatic heterocycles. The van der Waals surface area contributed by atoms with Crippen LogP contribution in [-0.2, 0) is 0 Å². The standard InChI is InChI=1S/C13H9BrCl2N2O/c14-11-6-5-10(7-12(11)16)18-13(19)17-9-3-1-8(15)2-4-9/h1-7H,(H2,17,18,19). The quantitative estimate of drug-likeness (QED) is 0.740. The van der Waals surface area contributed by atoms with Crippen molar-refractivity contribution in [1.82, 2.24) is 0 Å². The van der Waals surface area contributed by atoms with Crippen LogP contribution in [-0.4, -0.2) is 6.03 Å². The molecule has 0 saturated heterocycles. The lowest BCUT2D eigenvalue weighted by atomic mass is 10.3. The van der Waals surface area contributed by atoms with Gasteiger partial charge >= 0.3 is 6.03 Å². The summed E-state index contributed by atoms with van der Waals surface area (Å²) in [6.07, 6.45) is 0. The molecule has 2 amide bonds. The molecule has 0 bridgehead atoms. The Labute approximate surface area is 129 Å². The van der Waals surface area contributed by atoms with E-state index < -0.39 is 0 Å². The topological polar surface area (TPSA) is 41.1 Å². The zero-order valence-corrected chi connectivity index (χ0v) is 12.7. The summed E-state index contributed by atoms with van der Waals surface area (Å²) in [5.41, 5.74) is 1.27. The Hall–Kier alpha value is -1.23. The van der Waals surface area contributed by atoms with Gasteiger partial charge in [0.05, 0.1) is 5.02 Å². The van der Waals surface area contributed by atoms with Crippen molar-refractivity contribution >= 4 is 56.5 Å². The largest absolute Gasteiger partial charge is 0.323 e. The first-order valence-electron chi connectivity index (χ1n) is 5.33. The molecule has 98 valence electrons. The number of hydrogen-bond donors (Lipinski definition) is 2. The number of carbonyl (C=O) groups is 1. The van der Waals surface area contributed by atoms with E-state index in [0.29, 0.717) is 21.4 Å². The molecule has 0 saturated carbocycles. The fraction of sp³-hybridized carbons (Fsp3) is 0. The summed E-state index contributed by atoms with van der Waals surface area (Å²) in [6, 6.07) is 11.7. The highest BCUT2D eigenvalue weighted by Gasteiger charge is 2.04. The lowest BCUT2D eigenvalue weighted by molar-refractivity contribution is 0.262. The zero-order valence-electron chi connectivity index (χ0n) is 9.58. The third kappa shape index (κ3) is 4.13. The second kappa shape index (κ2) is 6.28. The Bertz CT molecular complexity index is 602. The molecule has 0 unspecified atom stereocenters. The highest BCUT2D eigenvalue weighted by molar-refractivity contribution is 9.10. The number of nitrogens with one attached hydrogen (secondary N) is 2. The third-order valence-electron chi connectivity index (χ3n) is 2.28. The fourth-order valence-electron chi connectivity index (χ4n) is 1.40. The molecule has 0 aliphatic carbocycles. The number of carbonyl (C=O) groups excluding carboxylic acids is 1. The smallest absolute Gasteiger partial charge is 0.308 e. The minimum Gasteiger partial charge on any atom is -0.308 e. The van der Waals surface area contributed by atoms with Crippen LogP contribution in [0.1, 0.15) is 0 Å². The van der Waals surface area contributed by atoms with Crippen molar-refractivity contribution in [2.45, 2.75) is 0 Å². The predicted molar refractivity (Wildman–Crippen MR) is 83.2 cm³/mol. The molecule has 0 heterocycles. The van der Waals surface area contributed by atoms with Crippen LogP contribution >= 0.6 is 39.1 Å². The molecule has 0 fully saturated rings. The van der Waals surface area contributed by atoms with Crippen LogP contribution in [0.2, 0.25) is 10.0 Å². The number of amides is 2. The van der Waals surface area contributed by atoms with Crippen molar-refractivity contribution in [3.63, 3.8) is 0 Å². The van der Waals surface area contributed by atoms with Gasteiger partial charge < -0.3 is 10.6 Å². The average Bonchev–Trinajstić information content (AvgIpc) is 2.37. The van der Waals surface area contributed by atoms with Gasteiger partial charge in [-0.15, -0.1) is 0 Å². The van der Waals surface area contributed by atoms with Gasteiger partial charge in [0, 0.05) is 20.9 Å². The van der Waals surface area contributed by atoms with Crippen LogP contribution in [0.15, 0.2) is 46.9 Å². The summed E-state index contributed by atoms with van der Waals surface area (Å²) in [5.74, 6) is 0. The molecular formula is C13H9BrCl2N2O. The molecule has 0 spiro atoms. The van der Waals surface area contributed by atoms with Crippen LogP contribution in [0.4, 0.5) is 16.2 Å². The normalized spacial score (nSPS) is 10.1. The molecule has 0 radical (unpaired) electrons. The molecule has 0 aromatic heterocycles. The summed E-state index contributed by atoms with van der Waals surface area (Å²) in [7, 11) is 0. The molecule has 3 nitrogen and oxygen atoms in total. The van der Waals surface area contributed by atoms with Crippen LogP contribution in [0.25, 0.3) is 0 Å². The first-order chi connectivity index (χ1) is 9.04. The van der Waals surface area contributed by atoms with E-state index in [-0.39, 0.29) is 6.03 Å². The van der Waals surface area contributed by atoms with Crippen LogP contribution in [0.5, 0.6) is 0 Å². The monoisotopic (exact) mass is 358 g/mol. The lowest BCUT2D eigenvalue weighted by Crippen LogP contribution is -2.19. The maximum Gasteiger partial charge on any atom is 0.323 e. The first-order valence-corrected chi connectivity index (χ1v) is 6.88. The van der Waals surface area contributed by atoms with E-state index in [9.17, 15) is 4.79 Å². The second-order valence-electron chi connectivity index (χ2n) is 3.71. The summed E-state index contributed by atoms with van der Waals surface area (Å²) in [4.78, 5) is 11.8. The van der Waals surface area contributed by atoms with E-state index in [1.165, 1.54) is 0 Å². The van der Waals surface area contributed by atoms with Crippen molar-refractivity contribution in [3.8, 4) is 0 Å². The van der Waals surface area contributed by atoms with Crippen molar-refractivity contribution < 1.29 is 4.79 Å². The molecule has 6 heteroatoms. The number of hydrogen-bond acceptors (Lipinski definition) is 1. The van der Waals surface area contributed by atoms with Crippen molar-refractivity contribution in [1.29, 1.82) is 0 Å². The van der Waals surface area contributed by atoms with Gasteiger partial charge in [0.1, 0.15) is 0 Å². The minimum atomic E-state index is -0.347. The maximum absolute atomic E-state index is 11.8. The van der Waals surface area contributed by atoms with Gasteiger partial charge in [-0.3, -0.25) is 0 Å². The van der Waals surface area contributed by atoms with Gasteiger partial charge in [-0.1, -0.05) is 23.2 Å². The maximum atomic E-state index is 11.8. The molecule has 2 aromatic carbocycles. The SMILES string of the molecule is O=C(Nc1ccc(Cl)cc1)Nc1ccc(Br)c(Cl)c1. The van der Waals surface area contributed by atoms with E-state index in [0.717, 1.165) is 4.47 Å². The van der Waals surface area contributed by atoms with Crippen LogP contribution in [0.3, 0.4) is 0 Å². The second-order valence-corrected chi connectivity index (χ2v) is 5.41. The van der Waals surface area contributed by atoms with Gasteiger partial charge in [-0.25, -0.2) is 4.79 Å². The molecule has 19 heavy (non-hydrogen) atoms. The molecule has 2 aromatic rings. The van der Waals surface area contributed by atoms with E-state index in [2.05, 4.69) is 26.6 Å². The molecule has 0 atom stereocenters. The van der Waals surface area contributed by atoms with Gasteiger partial charge in [-0.05, 0) is 58.4 Å². The van der Waals surface area contributed by atoms with Gasteiger partial charge in [0.25, 0.3) is 0 Å². The van der Waals surface area contributed by atoms with E-state index in [1.807, 2.05) is 0 Å². The zero-order chi connectivity index (χ0) is 13.8. The third-order valence-corrected chi connectivity index (χ3v) is 3.76. The van der Waals surface area contributed by atoms with Crippen molar-refractivity contribution in [2.24, 2.45) is 0 Å². The van der Waals surface area contributed by atoms with E-state index in [1.54, 1.807) is 42.5 Å². The highest BCUT2D eigenvalue weighted by Crippen LogP contribution is 2.25. The summed E-state index contributed by atoms with van der Waals surface area (Å²) < 4.78 is 0.776. The summed E-state index contributed by atoms with van der Waals surface area (Å²) in [5, 5.41) is 6.52. The summed E-state index contributed by atoms with van der Waals surface area (Å²) >= 11 is 15.0. The predicted octanol–water partition coefficient (Wildman–Crippen LogP) is 5.40. The molecular weight excluding hydrogens is 351 g/mol. The number of rotatable bonds is 2. The number of anilines is 2. The molecule has 2 N–H and O–H groups in total. The van der Waals surface area contributed by atoms with Crippen LogP contribution in [0, 0.1) is 0 Å². The molecule has 2 rings (SSSR count).